The molecule has 1 saturated heterocycles. The van der Waals surface area contributed by atoms with Gasteiger partial charge in [-0.15, -0.1) is 0 Å². The molecular formula is C66H57N5O9S2. The third-order valence-electron chi connectivity index (χ3n) is 16.4. The lowest BCUT2D eigenvalue weighted by Gasteiger charge is -2.33. The van der Waals surface area contributed by atoms with Crippen molar-refractivity contribution in [1.29, 1.82) is 0 Å². The number of ether oxygens (including phenoxy) is 3. The van der Waals surface area contributed by atoms with E-state index >= 15 is 9.59 Å². The topological polar surface area (TPSA) is 174 Å². The zero-order valence-electron chi connectivity index (χ0n) is 44.7. The number of aliphatic imine (C=N–C) groups is 2. The number of hydrogen-bond acceptors (Lipinski definition) is 12. The molecule has 0 spiro atoms. The smallest absolute Gasteiger partial charge is 0.255 e. The van der Waals surface area contributed by atoms with E-state index in [1.807, 2.05) is 133 Å². The molecule has 0 N–H and O–H groups in total. The standard InChI is InChI=1S/C66H57N5O9S2/c72-63-65(38-45-24-26-48(27-25-45)54-43-78-44-54)59(57-22-9-7-16-52(57)41-70(63)33-35-81(74,75)55-19-5-2-6-20-55)80-62(69-65)50-30-28-47(29-31-50)51-18-11-21-56(37-51)82(76,77)36-34-71-42-53-17-8-10-23-58(53)60-66(64(71)73,39-46-13-12-32-67-40-46)68-61(79-60)49-14-3-1-4-15-49/h1-32,37,40,54,59-60H,33-36,38-39,41-44H2/t59-,60-,65-,66-/m0/s1. The van der Waals surface area contributed by atoms with Gasteiger partial charge in [0.05, 0.1) is 34.5 Å². The van der Waals surface area contributed by atoms with Crippen molar-refractivity contribution in [3.8, 4) is 11.1 Å². The summed E-state index contributed by atoms with van der Waals surface area (Å²) >= 11 is 0. The summed E-state index contributed by atoms with van der Waals surface area (Å²) in [6.07, 6.45) is 2.14. The van der Waals surface area contributed by atoms with Crippen LogP contribution < -0.4 is 0 Å². The van der Waals surface area contributed by atoms with Crippen molar-refractivity contribution in [3.63, 3.8) is 0 Å². The molecule has 5 aliphatic rings. The predicted molar refractivity (Wildman–Crippen MR) is 310 cm³/mol. The highest BCUT2D eigenvalue weighted by Gasteiger charge is 2.58. The minimum Gasteiger partial charge on any atom is -0.466 e. The molecule has 0 saturated carbocycles. The van der Waals surface area contributed by atoms with Crippen LogP contribution in [-0.2, 0) is 69.4 Å². The molecule has 0 bridgehead atoms. The Morgan fingerprint density at radius 3 is 1.55 bits per heavy atom. The summed E-state index contributed by atoms with van der Waals surface area (Å²) in [6, 6.07) is 59.3. The lowest BCUT2D eigenvalue weighted by atomic mass is 9.81. The van der Waals surface area contributed by atoms with E-state index < -0.39 is 43.0 Å². The number of amides is 2. The zero-order valence-corrected chi connectivity index (χ0v) is 46.3. The molecule has 0 aliphatic carbocycles. The summed E-state index contributed by atoms with van der Waals surface area (Å²) in [4.78, 5) is 49.1. The van der Waals surface area contributed by atoms with Gasteiger partial charge in [-0.1, -0.05) is 140 Å². The van der Waals surface area contributed by atoms with Gasteiger partial charge in [-0.05, 0) is 93.5 Å². The molecule has 82 heavy (non-hydrogen) atoms. The SMILES string of the molecule is O=C1N(CCS(=O)(=O)c2ccccc2)Cc2ccccc2[C@@H]2OC(c3ccc(-c4cccc(S(=O)(=O)CCN5Cc6ccccc6[C@@H]6OC(c7ccccc7)=N[C@]6(Cc6cccnc6)C5=O)c4)cc3)=N[C@]12Cc1ccc(C2COC2)cc1. The van der Waals surface area contributed by atoms with Crippen molar-refractivity contribution in [1.82, 2.24) is 14.8 Å². The molecule has 4 atom stereocenters. The van der Waals surface area contributed by atoms with Gasteiger partial charge in [0.1, 0.15) is 0 Å². The molecule has 412 valence electrons. The number of nitrogens with zero attached hydrogens (tertiary/aromatic N) is 5. The van der Waals surface area contributed by atoms with Crippen LogP contribution in [-0.4, -0.2) is 104 Å². The number of sulfone groups is 2. The van der Waals surface area contributed by atoms with E-state index in [0.717, 1.165) is 50.1 Å². The first kappa shape index (κ1) is 52.8. The fourth-order valence-electron chi connectivity index (χ4n) is 12.0. The summed E-state index contributed by atoms with van der Waals surface area (Å²) in [6.45, 7) is 1.49. The number of carbonyl (C=O) groups excluding carboxylic acids is 2. The van der Waals surface area contributed by atoms with Gasteiger partial charge in [0, 0.05) is 79.6 Å². The molecule has 8 aromatic rings. The molecule has 2 amide bonds. The first-order valence-electron chi connectivity index (χ1n) is 27.5. The Morgan fingerprint density at radius 1 is 0.488 bits per heavy atom. The van der Waals surface area contributed by atoms with Gasteiger partial charge in [-0.25, -0.2) is 26.8 Å². The van der Waals surface area contributed by atoms with Gasteiger partial charge in [-0.2, -0.15) is 0 Å². The fraction of sp³-hybridized carbons (Fsp3) is 0.227. The van der Waals surface area contributed by atoms with E-state index in [1.54, 1.807) is 70.7 Å². The van der Waals surface area contributed by atoms with Crippen molar-refractivity contribution >= 4 is 43.3 Å². The maximum Gasteiger partial charge on any atom is 0.255 e. The molecule has 0 radical (unpaired) electrons. The summed E-state index contributed by atoms with van der Waals surface area (Å²) in [7, 11) is -7.72. The summed E-state index contributed by atoms with van der Waals surface area (Å²) in [5.74, 6) is -0.406. The van der Waals surface area contributed by atoms with Gasteiger partial charge in [-0.3, -0.25) is 14.6 Å². The average molecular weight is 1130 g/mol. The highest BCUT2D eigenvalue weighted by atomic mass is 32.2. The number of fused-ring (bicyclic) bond motifs is 6. The molecule has 1 aromatic heterocycles. The molecule has 1 fully saturated rings. The van der Waals surface area contributed by atoms with Gasteiger partial charge >= 0.3 is 0 Å². The van der Waals surface area contributed by atoms with Gasteiger partial charge < -0.3 is 24.0 Å². The van der Waals surface area contributed by atoms with E-state index in [-0.39, 0.29) is 78.0 Å². The summed E-state index contributed by atoms with van der Waals surface area (Å²) in [5.41, 5.74) is 5.83. The minimum absolute atomic E-state index is 0.0623. The number of rotatable bonds is 16. The molecule has 6 heterocycles. The summed E-state index contributed by atoms with van der Waals surface area (Å²) in [5, 5.41) is 0. The normalized spacial score (nSPS) is 21.3. The Hall–Kier alpha value is -8.57. The molecule has 5 aliphatic heterocycles. The Morgan fingerprint density at radius 2 is 0.988 bits per heavy atom. The van der Waals surface area contributed by atoms with Crippen molar-refractivity contribution in [2.45, 2.75) is 64.9 Å². The maximum absolute atomic E-state index is 15.5. The van der Waals surface area contributed by atoms with Gasteiger partial charge in [0.15, 0.2) is 43.0 Å². The monoisotopic (exact) mass is 1130 g/mol. The fourth-order valence-corrected chi connectivity index (χ4v) is 14.5. The van der Waals surface area contributed by atoms with Crippen LogP contribution in [0.5, 0.6) is 0 Å². The predicted octanol–water partition coefficient (Wildman–Crippen LogP) is 9.49. The number of benzene rings is 7. The third-order valence-corrected chi connectivity index (χ3v) is 19.8. The quantitative estimate of drug-likeness (QED) is 0.0907. The second-order valence-corrected chi connectivity index (χ2v) is 25.9. The van der Waals surface area contributed by atoms with Crippen molar-refractivity contribution in [2.75, 3.05) is 37.8 Å². The molecule has 13 rings (SSSR count). The second kappa shape index (κ2) is 21.4. The first-order valence-corrected chi connectivity index (χ1v) is 30.8. The van der Waals surface area contributed by atoms with E-state index in [4.69, 9.17) is 24.2 Å². The first-order chi connectivity index (χ1) is 39.9. The van der Waals surface area contributed by atoms with Crippen LogP contribution in [0.3, 0.4) is 0 Å². The Labute approximate surface area is 476 Å². The van der Waals surface area contributed by atoms with Crippen LogP contribution in [0.1, 0.15) is 68.2 Å². The average Bonchev–Trinajstić information content (AvgIpc) is 4.25. The highest BCUT2D eigenvalue weighted by molar-refractivity contribution is 7.91. The highest BCUT2D eigenvalue weighted by Crippen LogP contribution is 2.49. The molecule has 7 aromatic carbocycles. The van der Waals surface area contributed by atoms with Crippen molar-refractivity contribution < 1.29 is 40.6 Å². The van der Waals surface area contributed by atoms with Crippen LogP contribution in [0.15, 0.2) is 226 Å². The Kier molecular flexibility index (Phi) is 13.8. The Bertz CT molecular complexity index is 4030. The third kappa shape index (κ3) is 9.87. The van der Waals surface area contributed by atoms with Crippen LogP contribution in [0.2, 0.25) is 0 Å². The Balaban J connectivity index is 0.786. The molecule has 0 unspecified atom stereocenters. The van der Waals surface area contributed by atoms with E-state index in [9.17, 15) is 16.8 Å². The van der Waals surface area contributed by atoms with E-state index in [0.29, 0.717) is 36.2 Å². The largest absolute Gasteiger partial charge is 0.466 e. The van der Waals surface area contributed by atoms with Crippen LogP contribution in [0, 0.1) is 0 Å². The van der Waals surface area contributed by atoms with E-state index in [2.05, 4.69) is 17.1 Å². The van der Waals surface area contributed by atoms with Crippen molar-refractivity contribution in [2.24, 2.45) is 9.98 Å². The lowest BCUT2D eigenvalue weighted by molar-refractivity contribution is -0.140. The van der Waals surface area contributed by atoms with Crippen LogP contribution >= 0.6 is 0 Å². The van der Waals surface area contributed by atoms with Crippen LogP contribution in [0.4, 0.5) is 0 Å². The second-order valence-electron chi connectivity index (χ2n) is 21.6. The molecule has 14 nitrogen and oxygen atoms in total. The van der Waals surface area contributed by atoms with Gasteiger partial charge in [0.25, 0.3) is 11.8 Å². The minimum atomic E-state index is -3.98. The van der Waals surface area contributed by atoms with Crippen molar-refractivity contribution in [3.05, 3.63) is 257 Å². The number of pyridine rings is 1. The number of hydrogen-bond donors (Lipinski definition) is 0. The number of carbonyl (C=O) groups is 2. The molecular weight excluding hydrogens is 1070 g/mol. The van der Waals surface area contributed by atoms with E-state index in [1.165, 1.54) is 0 Å². The van der Waals surface area contributed by atoms with Gasteiger partial charge in [0.2, 0.25) is 11.8 Å². The summed E-state index contributed by atoms with van der Waals surface area (Å²) < 4.78 is 75.5. The molecule has 16 heteroatoms. The lowest BCUT2D eigenvalue weighted by Crippen LogP contribution is -2.50. The zero-order chi connectivity index (χ0) is 56.1. The maximum atomic E-state index is 15.5. The number of aromatic nitrogens is 1. The van der Waals surface area contributed by atoms with Crippen LogP contribution in [0.25, 0.3) is 11.1 Å².